The first-order valence-electron chi connectivity index (χ1n) is 9.12. The van der Waals surface area contributed by atoms with Crippen LogP contribution in [0.4, 0.5) is 24.3 Å². The minimum atomic E-state index is -4.39. The molecule has 1 aliphatic carbocycles. The average molecular weight is 409 g/mol. The van der Waals surface area contributed by atoms with Crippen molar-refractivity contribution >= 4 is 28.3 Å². The number of rotatable bonds is 3. The summed E-state index contributed by atoms with van der Waals surface area (Å²) in [6.07, 6.45) is -0.897. The Balaban J connectivity index is 1.34. The highest BCUT2D eigenvalue weighted by molar-refractivity contribution is 7.09. The molecule has 28 heavy (non-hydrogen) atoms. The van der Waals surface area contributed by atoms with Gasteiger partial charge in [-0.3, -0.25) is 0 Å². The van der Waals surface area contributed by atoms with E-state index in [2.05, 4.69) is 29.7 Å². The smallest absolute Gasteiger partial charge is 0.349 e. The predicted molar refractivity (Wildman–Crippen MR) is 98.5 cm³/mol. The number of halogens is 3. The van der Waals surface area contributed by atoms with Crippen LogP contribution in [0, 0.1) is 18.8 Å². The van der Waals surface area contributed by atoms with Crippen LogP contribution in [0.25, 0.3) is 5.65 Å². The highest BCUT2D eigenvalue weighted by Gasteiger charge is 2.43. The molecule has 1 saturated heterocycles. The fourth-order valence-electron chi connectivity index (χ4n) is 4.30. The van der Waals surface area contributed by atoms with Crippen LogP contribution in [0.3, 0.4) is 0 Å². The summed E-state index contributed by atoms with van der Waals surface area (Å²) < 4.78 is 44.3. The average Bonchev–Trinajstić information content (AvgIpc) is 3.30. The van der Waals surface area contributed by atoms with Gasteiger partial charge in [0.2, 0.25) is 11.1 Å². The standard InChI is InChI=1S/C17H18F3N7S/c1-9-21-16(28-25-9)26-7-10-2-3-11(8-26)14(10)23-15-22-13-6-12(17(18,19)20)4-5-27(13)24-15/h4-6,10-11,14H,2-3,7-8H2,1H3,(H,23,24). The van der Waals surface area contributed by atoms with Crippen LogP contribution in [0.2, 0.25) is 0 Å². The Bertz CT molecular complexity index is 1000. The molecule has 0 amide bonds. The number of fused-ring (bicyclic) bond motifs is 3. The van der Waals surface area contributed by atoms with E-state index in [1.165, 1.54) is 22.2 Å². The summed E-state index contributed by atoms with van der Waals surface area (Å²) in [6.45, 7) is 3.66. The van der Waals surface area contributed by atoms with E-state index in [0.717, 1.165) is 49.0 Å². The second kappa shape index (κ2) is 6.29. The number of aryl methyl sites for hydroxylation is 1. The lowest BCUT2D eigenvalue weighted by Crippen LogP contribution is -2.48. The fraction of sp³-hybridized carbons (Fsp3) is 0.529. The minimum Gasteiger partial charge on any atom is -0.349 e. The summed E-state index contributed by atoms with van der Waals surface area (Å²) in [6, 6.07) is 2.25. The molecular weight excluding hydrogens is 391 g/mol. The number of aromatic nitrogens is 5. The van der Waals surface area contributed by atoms with E-state index in [4.69, 9.17) is 0 Å². The van der Waals surface area contributed by atoms with Crippen molar-refractivity contribution in [2.75, 3.05) is 23.3 Å². The summed E-state index contributed by atoms with van der Waals surface area (Å²) in [5, 5.41) is 8.64. The lowest BCUT2D eigenvalue weighted by atomic mass is 9.92. The van der Waals surface area contributed by atoms with Gasteiger partial charge in [-0.25, -0.2) is 9.50 Å². The van der Waals surface area contributed by atoms with E-state index in [9.17, 15) is 13.2 Å². The molecule has 148 valence electrons. The van der Waals surface area contributed by atoms with Crippen LogP contribution in [0.1, 0.15) is 24.2 Å². The molecular formula is C17H18F3N7S. The zero-order valence-corrected chi connectivity index (χ0v) is 15.8. The van der Waals surface area contributed by atoms with E-state index >= 15 is 0 Å². The van der Waals surface area contributed by atoms with Crippen LogP contribution in [-0.4, -0.2) is 43.1 Å². The summed E-state index contributed by atoms with van der Waals surface area (Å²) in [5.41, 5.74) is -0.536. The van der Waals surface area contributed by atoms with Gasteiger partial charge in [0.05, 0.1) is 5.56 Å². The number of nitrogens with one attached hydrogen (secondary N) is 1. The molecule has 2 atom stereocenters. The first-order chi connectivity index (χ1) is 13.4. The highest BCUT2D eigenvalue weighted by Crippen LogP contribution is 2.40. The van der Waals surface area contributed by atoms with Crippen molar-refractivity contribution in [2.45, 2.75) is 32.0 Å². The Morgan fingerprint density at radius 1 is 1.18 bits per heavy atom. The summed E-state index contributed by atoms with van der Waals surface area (Å²) in [4.78, 5) is 11.0. The molecule has 1 N–H and O–H groups in total. The number of alkyl halides is 3. The molecule has 3 aromatic rings. The van der Waals surface area contributed by atoms with Crippen LogP contribution < -0.4 is 10.2 Å². The van der Waals surface area contributed by atoms with Gasteiger partial charge in [-0.15, -0.1) is 5.10 Å². The molecule has 0 spiro atoms. The molecule has 5 rings (SSSR count). The number of pyridine rings is 1. The largest absolute Gasteiger partial charge is 0.416 e. The third kappa shape index (κ3) is 3.07. The van der Waals surface area contributed by atoms with Crippen molar-refractivity contribution in [3.8, 4) is 0 Å². The van der Waals surface area contributed by atoms with E-state index in [-0.39, 0.29) is 11.7 Å². The molecule has 7 nitrogen and oxygen atoms in total. The third-order valence-corrected chi connectivity index (χ3v) is 6.45. The van der Waals surface area contributed by atoms with Gasteiger partial charge in [-0.05, 0) is 43.7 Å². The van der Waals surface area contributed by atoms with Crippen molar-refractivity contribution in [3.05, 3.63) is 29.7 Å². The quantitative estimate of drug-likeness (QED) is 0.716. The summed E-state index contributed by atoms with van der Waals surface area (Å²) in [5.74, 6) is 2.00. The molecule has 2 unspecified atom stereocenters. The monoisotopic (exact) mass is 409 g/mol. The van der Waals surface area contributed by atoms with Crippen molar-refractivity contribution < 1.29 is 13.2 Å². The Labute approximate surface area is 162 Å². The van der Waals surface area contributed by atoms with Gasteiger partial charge in [0.15, 0.2) is 5.65 Å². The second-order valence-corrected chi connectivity index (χ2v) is 8.18. The van der Waals surface area contributed by atoms with Crippen molar-refractivity contribution in [2.24, 2.45) is 11.8 Å². The normalized spacial score (nSPS) is 24.9. The Morgan fingerprint density at radius 3 is 2.57 bits per heavy atom. The van der Waals surface area contributed by atoms with Crippen LogP contribution in [0.15, 0.2) is 18.3 Å². The van der Waals surface area contributed by atoms with E-state index < -0.39 is 11.7 Å². The van der Waals surface area contributed by atoms with Crippen molar-refractivity contribution in [3.63, 3.8) is 0 Å². The Kier molecular flexibility index (Phi) is 3.97. The van der Waals surface area contributed by atoms with Crippen LogP contribution in [-0.2, 0) is 6.18 Å². The summed E-state index contributed by atoms with van der Waals surface area (Å²) in [7, 11) is 0. The maximum Gasteiger partial charge on any atom is 0.416 e. The third-order valence-electron chi connectivity index (χ3n) is 5.58. The zero-order chi connectivity index (χ0) is 19.5. The molecule has 0 radical (unpaired) electrons. The fourth-order valence-corrected chi connectivity index (χ4v) is 4.99. The number of piperidine rings is 1. The second-order valence-electron chi connectivity index (χ2n) is 7.45. The van der Waals surface area contributed by atoms with Crippen molar-refractivity contribution in [1.29, 1.82) is 0 Å². The van der Waals surface area contributed by atoms with E-state index in [0.29, 0.717) is 17.8 Å². The Morgan fingerprint density at radius 2 is 1.93 bits per heavy atom. The molecule has 2 bridgehead atoms. The van der Waals surface area contributed by atoms with Crippen LogP contribution >= 0.6 is 11.5 Å². The lowest BCUT2D eigenvalue weighted by molar-refractivity contribution is -0.137. The SMILES string of the molecule is Cc1nsc(N2CC3CCC(C2)C3Nc2nc3cc(C(F)(F)F)ccn3n2)n1. The molecule has 2 fully saturated rings. The number of nitrogens with zero attached hydrogens (tertiary/aromatic N) is 6. The van der Waals surface area contributed by atoms with Gasteiger partial charge in [-0.1, -0.05) is 0 Å². The molecule has 3 aromatic heterocycles. The van der Waals surface area contributed by atoms with E-state index in [1.54, 1.807) is 0 Å². The van der Waals surface area contributed by atoms with Gasteiger partial charge >= 0.3 is 6.18 Å². The highest BCUT2D eigenvalue weighted by atomic mass is 32.1. The van der Waals surface area contributed by atoms with Gasteiger partial charge < -0.3 is 10.2 Å². The Hall–Kier alpha value is -2.43. The van der Waals surface area contributed by atoms with Gasteiger partial charge in [0.1, 0.15) is 5.82 Å². The molecule has 4 heterocycles. The van der Waals surface area contributed by atoms with Crippen molar-refractivity contribution in [1.82, 2.24) is 24.0 Å². The van der Waals surface area contributed by atoms with Gasteiger partial charge in [0, 0.05) is 36.9 Å². The lowest BCUT2D eigenvalue weighted by Gasteiger charge is -2.37. The minimum absolute atomic E-state index is 0.187. The molecule has 2 aliphatic rings. The number of hydrogen-bond donors (Lipinski definition) is 1. The molecule has 1 saturated carbocycles. The maximum absolute atomic E-state index is 12.9. The first-order valence-corrected chi connectivity index (χ1v) is 9.89. The first kappa shape index (κ1) is 17.7. The van der Waals surface area contributed by atoms with Gasteiger partial charge in [0.25, 0.3) is 0 Å². The molecule has 1 aliphatic heterocycles. The number of anilines is 2. The van der Waals surface area contributed by atoms with E-state index in [1.807, 2.05) is 6.92 Å². The number of hydrogen-bond acceptors (Lipinski definition) is 7. The van der Waals surface area contributed by atoms with Crippen LogP contribution in [0.5, 0.6) is 0 Å². The molecule has 11 heteroatoms. The molecule has 0 aromatic carbocycles. The zero-order valence-electron chi connectivity index (χ0n) is 15.0. The van der Waals surface area contributed by atoms with Gasteiger partial charge in [-0.2, -0.15) is 22.5 Å². The predicted octanol–water partition coefficient (Wildman–Crippen LogP) is 3.23. The summed E-state index contributed by atoms with van der Waals surface area (Å²) >= 11 is 1.42. The maximum atomic E-state index is 12.9. The topological polar surface area (TPSA) is 71.2 Å².